The summed E-state index contributed by atoms with van der Waals surface area (Å²) in [4.78, 5) is 12.1. The van der Waals surface area contributed by atoms with Crippen LogP contribution in [0.15, 0.2) is 59.2 Å². The van der Waals surface area contributed by atoms with E-state index in [1.807, 2.05) is 6.08 Å². The minimum Gasteiger partial charge on any atom is -0.450 e. The molecule has 0 fully saturated rings. The Kier molecular flexibility index (Phi) is 7.24. The number of esters is 1. The SMILES string of the molecule is CCc1ccc([C@H]2C=C(CC/C=C(\C)CCC=C(C)C)C(=O)O2)cc1. The lowest BCUT2D eigenvalue weighted by atomic mass is 10.0. The van der Waals surface area contributed by atoms with Gasteiger partial charge in [-0.3, -0.25) is 0 Å². The van der Waals surface area contributed by atoms with E-state index in [-0.39, 0.29) is 12.1 Å². The van der Waals surface area contributed by atoms with E-state index in [2.05, 4.69) is 64.1 Å². The lowest BCUT2D eigenvalue weighted by Gasteiger charge is -2.08. The van der Waals surface area contributed by atoms with Crippen LogP contribution in [0, 0.1) is 0 Å². The van der Waals surface area contributed by atoms with Crippen molar-refractivity contribution in [3.8, 4) is 0 Å². The highest BCUT2D eigenvalue weighted by Gasteiger charge is 2.25. The number of carbonyl (C=O) groups is 1. The first-order valence-corrected chi connectivity index (χ1v) is 9.29. The van der Waals surface area contributed by atoms with E-state index in [9.17, 15) is 4.79 Å². The Balaban J connectivity index is 1.88. The minimum atomic E-state index is -0.226. The van der Waals surface area contributed by atoms with Gasteiger partial charge in [0.2, 0.25) is 0 Å². The highest BCUT2D eigenvalue weighted by atomic mass is 16.5. The summed E-state index contributed by atoms with van der Waals surface area (Å²) < 4.78 is 5.52. The number of carbonyl (C=O) groups excluding carboxylic acids is 1. The van der Waals surface area contributed by atoms with Crippen LogP contribution in [-0.2, 0) is 16.0 Å². The van der Waals surface area contributed by atoms with E-state index in [1.165, 1.54) is 16.7 Å². The Morgan fingerprint density at radius 1 is 1.08 bits per heavy atom. The van der Waals surface area contributed by atoms with Gasteiger partial charge in [0, 0.05) is 5.57 Å². The maximum absolute atomic E-state index is 12.1. The second-order valence-electron chi connectivity index (χ2n) is 7.02. The second kappa shape index (κ2) is 9.41. The van der Waals surface area contributed by atoms with E-state index in [0.717, 1.165) is 43.2 Å². The second-order valence-corrected chi connectivity index (χ2v) is 7.02. The monoisotopic (exact) mass is 338 g/mol. The quantitative estimate of drug-likeness (QED) is 0.414. The van der Waals surface area contributed by atoms with Crippen LogP contribution >= 0.6 is 0 Å². The lowest BCUT2D eigenvalue weighted by Crippen LogP contribution is -2.02. The van der Waals surface area contributed by atoms with Crippen molar-refractivity contribution in [2.45, 2.75) is 65.9 Å². The number of allylic oxidation sites excluding steroid dienone is 4. The van der Waals surface area contributed by atoms with Crippen LogP contribution in [0.2, 0.25) is 0 Å². The van der Waals surface area contributed by atoms with Gasteiger partial charge < -0.3 is 4.74 Å². The molecule has 0 N–H and O–H groups in total. The Labute approximate surface area is 152 Å². The summed E-state index contributed by atoms with van der Waals surface area (Å²) >= 11 is 0. The largest absolute Gasteiger partial charge is 0.450 e. The third kappa shape index (κ3) is 6.04. The molecule has 0 aromatic heterocycles. The third-order valence-electron chi connectivity index (χ3n) is 4.56. The van der Waals surface area contributed by atoms with Crippen LogP contribution in [0.25, 0.3) is 0 Å². The summed E-state index contributed by atoms with van der Waals surface area (Å²) in [5.74, 6) is -0.167. The van der Waals surface area contributed by atoms with Gasteiger partial charge in [0.05, 0.1) is 0 Å². The molecule has 2 rings (SSSR count). The first kappa shape index (κ1) is 19.2. The fourth-order valence-electron chi connectivity index (χ4n) is 2.93. The Morgan fingerprint density at radius 3 is 2.44 bits per heavy atom. The van der Waals surface area contributed by atoms with Gasteiger partial charge in [0.25, 0.3) is 0 Å². The van der Waals surface area contributed by atoms with Crippen molar-refractivity contribution in [3.05, 3.63) is 70.3 Å². The van der Waals surface area contributed by atoms with E-state index in [0.29, 0.717) is 0 Å². The number of cyclic esters (lactones) is 1. The third-order valence-corrected chi connectivity index (χ3v) is 4.56. The van der Waals surface area contributed by atoms with Gasteiger partial charge in [0.15, 0.2) is 0 Å². The van der Waals surface area contributed by atoms with Crippen molar-refractivity contribution in [2.24, 2.45) is 0 Å². The highest BCUT2D eigenvalue weighted by molar-refractivity contribution is 5.91. The van der Waals surface area contributed by atoms with Gasteiger partial charge in [-0.25, -0.2) is 4.79 Å². The summed E-state index contributed by atoms with van der Waals surface area (Å²) in [7, 11) is 0. The average Bonchev–Trinajstić information content (AvgIpc) is 2.95. The number of rotatable bonds is 8. The Morgan fingerprint density at radius 2 is 1.80 bits per heavy atom. The molecule has 1 atom stereocenters. The molecular weight excluding hydrogens is 308 g/mol. The molecule has 2 nitrogen and oxygen atoms in total. The van der Waals surface area contributed by atoms with Gasteiger partial charge >= 0.3 is 5.97 Å². The number of ether oxygens (including phenoxy) is 1. The van der Waals surface area contributed by atoms with E-state index < -0.39 is 0 Å². The van der Waals surface area contributed by atoms with Crippen molar-refractivity contribution in [1.29, 1.82) is 0 Å². The van der Waals surface area contributed by atoms with Gasteiger partial charge in [-0.2, -0.15) is 0 Å². The van der Waals surface area contributed by atoms with Crippen LogP contribution in [0.3, 0.4) is 0 Å². The molecular formula is C23H30O2. The molecule has 0 spiro atoms. The van der Waals surface area contributed by atoms with Crippen LogP contribution in [-0.4, -0.2) is 5.97 Å². The molecule has 25 heavy (non-hydrogen) atoms. The zero-order valence-electron chi connectivity index (χ0n) is 16.0. The first-order valence-electron chi connectivity index (χ1n) is 9.29. The van der Waals surface area contributed by atoms with Gasteiger partial charge in [-0.1, -0.05) is 54.5 Å². The van der Waals surface area contributed by atoms with E-state index in [4.69, 9.17) is 4.74 Å². The van der Waals surface area contributed by atoms with Crippen LogP contribution < -0.4 is 0 Å². The maximum Gasteiger partial charge on any atom is 0.334 e. The van der Waals surface area contributed by atoms with E-state index in [1.54, 1.807) is 0 Å². The van der Waals surface area contributed by atoms with Crippen LogP contribution in [0.4, 0.5) is 0 Å². The molecule has 1 aromatic rings. The van der Waals surface area contributed by atoms with Gasteiger partial charge in [0.1, 0.15) is 6.10 Å². The fraction of sp³-hybridized carbons (Fsp3) is 0.435. The molecule has 1 heterocycles. The fourth-order valence-corrected chi connectivity index (χ4v) is 2.93. The first-order chi connectivity index (χ1) is 12.0. The predicted octanol–water partition coefficient (Wildman–Crippen LogP) is 6.25. The molecule has 1 aliphatic rings. The topological polar surface area (TPSA) is 26.3 Å². The van der Waals surface area contributed by atoms with Gasteiger partial charge in [-0.05, 0) is 70.1 Å². The average molecular weight is 338 g/mol. The summed E-state index contributed by atoms with van der Waals surface area (Å²) in [6.07, 6.45) is 11.1. The zero-order chi connectivity index (χ0) is 18.2. The molecule has 2 heteroatoms. The number of hydrogen-bond donors (Lipinski definition) is 0. The molecule has 0 saturated heterocycles. The predicted molar refractivity (Wildman–Crippen MR) is 104 cm³/mol. The molecule has 0 unspecified atom stereocenters. The van der Waals surface area contributed by atoms with E-state index >= 15 is 0 Å². The van der Waals surface area contributed by atoms with Crippen LogP contribution in [0.5, 0.6) is 0 Å². The van der Waals surface area contributed by atoms with Gasteiger partial charge in [-0.15, -0.1) is 0 Å². The molecule has 0 bridgehead atoms. The molecule has 0 radical (unpaired) electrons. The molecule has 134 valence electrons. The minimum absolute atomic E-state index is 0.167. The smallest absolute Gasteiger partial charge is 0.334 e. The number of benzene rings is 1. The standard InChI is InChI=1S/C23H30O2/c1-5-19-12-14-20(15-13-19)22-16-21(23(24)25-22)11-7-10-18(4)9-6-8-17(2)3/h8,10,12-16,22H,5-7,9,11H2,1-4H3/b18-10+/t22-/m1/s1. The van der Waals surface area contributed by atoms with Crippen molar-refractivity contribution in [2.75, 3.05) is 0 Å². The summed E-state index contributed by atoms with van der Waals surface area (Å²) in [6.45, 7) is 8.56. The molecule has 1 aliphatic heterocycles. The number of hydrogen-bond acceptors (Lipinski definition) is 2. The normalized spacial score (nSPS) is 17.3. The molecule has 0 saturated carbocycles. The summed E-state index contributed by atoms with van der Waals surface area (Å²) in [6, 6.07) is 8.33. The van der Waals surface area contributed by atoms with Crippen molar-refractivity contribution >= 4 is 5.97 Å². The maximum atomic E-state index is 12.1. The van der Waals surface area contributed by atoms with Crippen molar-refractivity contribution in [1.82, 2.24) is 0 Å². The summed E-state index contributed by atoms with van der Waals surface area (Å²) in [5.41, 5.74) is 5.90. The molecule has 0 aliphatic carbocycles. The summed E-state index contributed by atoms with van der Waals surface area (Å²) in [5, 5.41) is 0. The molecule has 0 amide bonds. The van der Waals surface area contributed by atoms with Crippen LogP contribution in [0.1, 0.15) is 70.6 Å². The molecule has 1 aromatic carbocycles. The Hall–Kier alpha value is -2.09. The zero-order valence-corrected chi connectivity index (χ0v) is 16.0. The van der Waals surface area contributed by atoms with Crippen molar-refractivity contribution in [3.63, 3.8) is 0 Å². The highest BCUT2D eigenvalue weighted by Crippen LogP contribution is 2.30. The number of aryl methyl sites for hydroxylation is 1. The Bertz CT molecular complexity index is 671. The van der Waals surface area contributed by atoms with Crippen molar-refractivity contribution < 1.29 is 9.53 Å². The lowest BCUT2D eigenvalue weighted by molar-refractivity contribution is -0.140.